The van der Waals surface area contributed by atoms with Crippen molar-refractivity contribution in [3.8, 4) is 56.4 Å². The van der Waals surface area contributed by atoms with Crippen LogP contribution in [0.3, 0.4) is 0 Å². The summed E-state index contributed by atoms with van der Waals surface area (Å²) in [5.41, 5.74) is 8.48. The number of anilines is 4. The quantitative estimate of drug-likeness (QED) is 0.101. The van der Waals surface area contributed by atoms with Crippen LogP contribution in [0.4, 0.5) is 22.9 Å². The van der Waals surface area contributed by atoms with Gasteiger partial charge in [0.15, 0.2) is 0 Å². The molecule has 9 aromatic carbocycles. The summed E-state index contributed by atoms with van der Waals surface area (Å²) >= 11 is 2.20. The molecule has 12 rings (SSSR count). The average molecular weight is 1150 g/mol. The van der Waals surface area contributed by atoms with Crippen molar-refractivity contribution in [2.45, 2.75) is 39.9 Å². The predicted molar refractivity (Wildman–Crippen MR) is 301 cm³/mol. The Balaban J connectivity index is 1.11. The zero-order chi connectivity index (χ0) is 59.9. The van der Waals surface area contributed by atoms with Gasteiger partial charge in [-0.05, 0) is 12.1 Å². The second-order valence-electron chi connectivity index (χ2n) is 19.0. The third kappa shape index (κ3) is 8.51. The van der Waals surface area contributed by atoms with Gasteiger partial charge in [0.05, 0.1) is 0 Å². The van der Waals surface area contributed by atoms with E-state index < -0.39 is 50.9 Å². The first-order chi connectivity index (χ1) is 40.6. The van der Waals surface area contributed by atoms with E-state index in [0.717, 1.165) is 28.0 Å². The molecule has 0 radical (unpaired) electrons. The van der Waals surface area contributed by atoms with E-state index in [1.165, 1.54) is 12.1 Å². The van der Waals surface area contributed by atoms with Gasteiger partial charge in [-0.25, -0.2) is 0 Å². The molecule has 1 aliphatic heterocycles. The number of hydrogen-bond donors (Lipinski definition) is 0. The molecular formula is C66H52BN5OPt-2. The summed E-state index contributed by atoms with van der Waals surface area (Å²) in [5, 5.41) is 0. The van der Waals surface area contributed by atoms with Crippen LogP contribution in [0, 0.1) is 29.6 Å². The Morgan fingerprint density at radius 3 is 1.99 bits per heavy atom. The first-order valence-corrected chi connectivity index (χ1v) is 25.3. The average Bonchev–Trinajstić information content (AvgIpc) is 1.76. The summed E-state index contributed by atoms with van der Waals surface area (Å²) in [4.78, 5) is 9.43. The minimum atomic E-state index is -2.67. The van der Waals surface area contributed by atoms with Gasteiger partial charge in [-0.2, -0.15) is 12.1 Å². The maximum atomic E-state index is 9.29. The van der Waals surface area contributed by atoms with Gasteiger partial charge < -0.3 is 0 Å². The third-order valence-corrected chi connectivity index (χ3v) is 14.2. The Morgan fingerprint density at radius 2 is 1.26 bits per heavy atom. The van der Waals surface area contributed by atoms with Crippen LogP contribution >= 0.6 is 0 Å². The minimum absolute atomic E-state index is 0.0107. The Labute approximate surface area is 460 Å². The molecule has 0 atom stereocenters. The van der Waals surface area contributed by atoms with Crippen molar-refractivity contribution in [2.24, 2.45) is 0 Å². The summed E-state index contributed by atoms with van der Waals surface area (Å²) in [6.07, 6.45) is 0. The second kappa shape index (κ2) is 19.3. The Hall–Kier alpha value is -8.25. The molecule has 6 nitrogen and oxygen atoms in total. The van der Waals surface area contributed by atoms with Crippen LogP contribution in [-0.4, -0.2) is 21.1 Å². The number of imidazole rings is 1. The van der Waals surface area contributed by atoms with Crippen LogP contribution in [-0.2, 0) is 24.8 Å². The fourth-order valence-electron chi connectivity index (χ4n) is 10.1. The summed E-state index contributed by atoms with van der Waals surface area (Å²) in [6, 6.07) is 64.8. The van der Waals surface area contributed by atoms with E-state index in [0.29, 0.717) is 54.4 Å². The molecule has 3 heterocycles. The first kappa shape index (κ1) is 35.8. The van der Waals surface area contributed by atoms with E-state index in [1.54, 1.807) is 12.1 Å². The molecule has 2 aromatic heterocycles. The van der Waals surface area contributed by atoms with Crippen LogP contribution in [0.2, 0.25) is 0 Å². The third-order valence-electron chi connectivity index (χ3n) is 13.2. The Bertz CT molecular complexity index is 4440. The molecule has 74 heavy (non-hydrogen) atoms. The number of aryl methyl sites for hydroxylation is 2. The van der Waals surface area contributed by atoms with Gasteiger partial charge in [-0.15, -0.1) is 6.07 Å². The molecule has 11 aromatic rings. The van der Waals surface area contributed by atoms with Gasteiger partial charge in [0.1, 0.15) is 0 Å². The second-order valence-corrected chi connectivity index (χ2v) is 20.0. The summed E-state index contributed by atoms with van der Waals surface area (Å²) in [6.45, 7) is 0.561. The monoisotopic (exact) mass is 1150 g/mol. The Kier molecular flexibility index (Phi) is 9.34. The standard InChI is InChI=1S/C66H52BN5O.Pt/c1-46-40-55(48-24-10-6-11-25-48)65(56(41-46)49-26-12-7-13-27-49)70-45-69(58-34-20-21-35-59(58)70)52-38-39-54(53-32-18-19-33-57(53)66(3,4)5)62(44-52)73-64-43-47(2)42-63(68-64)72-61-37-23-22-36-60(61)71(51-30-16-9-17-31-51)67(72)50-28-14-8-15-29-50;/h6-36,38-43H,1-5H3;/q-2;/i1D3,2D3,6D,10D,11D,24D,25D;. The van der Waals surface area contributed by atoms with Gasteiger partial charge in [-0.1, -0.05) is 48.5 Å². The van der Waals surface area contributed by atoms with Gasteiger partial charge in [0.2, 0.25) is 0 Å². The van der Waals surface area contributed by atoms with E-state index in [9.17, 15) is 2.74 Å². The van der Waals surface area contributed by atoms with Gasteiger partial charge in [0, 0.05) is 5.69 Å². The van der Waals surface area contributed by atoms with E-state index in [4.69, 9.17) is 22.1 Å². The van der Waals surface area contributed by atoms with Crippen molar-refractivity contribution in [1.29, 1.82) is 0 Å². The van der Waals surface area contributed by atoms with Crippen molar-refractivity contribution >= 4 is 46.4 Å². The van der Waals surface area contributed by atoms with Crippen molar-refractivity contribution in [1.82, 2.24) is 14.1 Å². The molecule has 0 saturated carbocycles. The number of aromatic nitrogens is 3. The topological polar surface area (TPSA) is 38.5 Å². The predicted octanol–water partition coefficient (Wildman–Crippen LogP) is 15.9. The molecule has 0 spiro atoms. The molecular weight excluding hydrogens is 1080 g/mol. The number of rotatable bonds is 10. The summed E-state index contributed by atoms with van der Waals surface area (Å²) in [7, 11) is 0. The number of pyridine rings is 1. The van der Waals surface area contributed by atoms with Crippen molar-refractivity contribution in [2.75, 3.05) is 9.62 Å². The number of nitrogens with zero attached hydrogens (tertiary/aromatic N) is 5. The van der Waals surface area contributed by atoms with Crippen molar-refractivity contribution in [3.05, 3.63) is 257 Å². The van der Waals surface area contributed by atoms with Crippen LogP contribution < -0.4 is 19.8 Å². The van der Waals surface area contributed by atoms with E-state index >= 15 is 0 Å². The molecule has 1 aliphatic rings. The zero-order valence-electron chi connectivity index (χ0n) is 51.5. The molecule has 0 saturated heterocycles. The van der Waals surface area contributed by atoms with E-state index in [1.807, 2.05) is 178 Å². The molecule has 0 unspecified atom stereocenters. The number of hydrogen-bond acceptors (Lipinski definition) is 4. The molecule has 8 heteroatoms. The number of ether oxygens (including phenoxy) is 1. The molecule has 362 valence electrons. The molecule has 0 amide bonds. The van der Waals surface area contributed by atoms with Gasteiger partial charge >= 0.3 is 378 Å². The Morgan fingerprint density at radius 1 is 0.608 bits per heavy atom. The first-order valence-electron chi connectivity index (χ1n) is 29.7. The fourth-order valence-corrected chi connectivity index (χ4v) is 11.2. The number of para-hydroxylation sites is 4. The van der Waals surface area contributed by atoms with Crippen LogP contribution in [0.1, 0.15) is 52.5 Å². The fraction of sp³-hybridized carbons (Fsp3) is 0.0909. The van der Waals surface area contributed by atoms with Crippen LogP contribution in [0.15, 0.2) is 224 Å². The normalized spacial score (nSPS) is 14.9. The SMILES string of the molecule is [2H]c1c([2H])c([2H])c(-c2cc(C([2H])([2H])[2H])cc(-c3ccccc3)c2-n2[c](=[Pt])n(-c3[c-]c(Oc4cc(C([2H])([2H])[2H])cc(N5B(c6ccccc6)N(c6ccccc6)c6ccc[c-]c65)n4)c(-c4ccccc4C(C)(C)C)cc3)c3ccccc32)c([2H])c1[2H]. The molecule has 0 N–H and O–H groups in total. The van der Waals surface area contributed by atoms with E-state index in [-0.39, 0.29) is 39.3 Å². The van der Waals surface area contributed by atoms with Gasteiger partial charge in [-0.3, -0.25) is 0 Å². The zero-order valence-corrected chi connectivity index (χ0v) is 42.8. The van der Waals surface area contributed by atoms with Crippen molar-refractivity contribution in [3.63, 3.8) is 0 Å². The molecule has 0 bridgehead atoms. The van der Waals surface area contributed by atoms with Crippen LogP contribution in [0.5, 0.6) is 11.6 Å². The number of fused-ring (bicyclic) bond motifs is 2. The van der Waals surface area contributed by atoms with Crippen molar-refractivity contribution < 1.29 is 39.2 Å². The van der Waals surface area contributed by atoms with Crippen LogP contribution in [0.25, 0.3) is 55.8 Å². The molecule has 0 aliphatic carbocycles. The number of benzene rings is 9. The molecule has 0 fully saturated rings. The maximum absolute atomic E-state index is 9.29. The van der Waals surface area contributed by atoms with E-state index in [2.05, 4.69) is 63.1 Å². The summed E-state index contributed by atoms with van der Waals surface area (Å²) < 4.78 is 109. The summed E-state index contributed by atoms with van der Waals surface area (Å²) in [5.74, 6) is 0.510. The van der Waals surface area contributed by atoms with Gasteiger partial charge in [0.25, 0.3) is 0 Å².